The third kappa shape index (κ3) is 6.88. The van der Waals surface area contributed by atoms with Crippen molar-refractivity contribution < 1.29 is 9.53 Å². The number of fused-ring (bicyclic) bond motifs is 3. The number of likely N-dealkylation sites (tertiary alicyclic amines) is 2. The maximum Gasteiger partial charge on any atom is 0.251 e. The quantitative estimate of drug-likeness (QED) is 0.162. The van der Waals surface area contributed by atoms with E-state index in [-0.39, 0.29) is 18.1 Å². The molecule has 8 heteroatoms. The molecular formula is C39H42Cl2N4O2. The maximum absolute atomic E-state index is 13.2. The summed E-state index contributed by atoms with van der Waals surface area (Å²) in [5.41, 5.74) is 5.51. The minimum atomic E-state index is -0.152. The number of nitrogens with zero attached hydrogens (tertiary/aromatic N) is 3. The van der Waals surface area contributed by atoms with Crippen molar-refractivity contribution >= 4 is 50.9 Å². The average molecular weight is 670 g/mol. The number of hydrogen-bond acceptors (Lipinski definition) is 4. The Morgan fingerprint density at radius 3 is 2.36 bits per heavy atom. The highest BCUT2D eigenvalue weighted by Gasteiger charge is 2.26. The van der Waals surface area contributed by atoms with Gasteiger partial charge in [0.05, 0.1) is 11.1 Å². The first-order valence-electron chi connectivity index (χ1n) is 16.9. The molecule has 1 atom stereocenters. The zero-order chi connectivity index (χ0) is 32.3. The van der Waals surface area contributed by atoms with Crippen LogP contribution < -0.4 is 10.1 Å². The molecule has 47 heavy (non-hydrogen) atoms. The summed E-state index contributed by atoms with van der Waals surface area (Å²) in [6.45, 7) is 8.50. The summed E-state index contributed by atoms with van der Waals surface area (Å²) in [4.78, 5) is 18.1. The van der Waals surface area contributed by atoms with Crippen LogP contribution in [-0.4, -0.2) is 59.1 Å². The lowest BCUT2D eigenvalue weighted by molar-refractivity contribution is 0.0936. The number of aryl methyl sites for hydroxylation is 1. The number of aromatic nitrogens is 1. The molecule has 2 aliphatic heterocycles. The molecule has 0 saturated carbocycles. The van der Waals surface area contributed by atoms with Crippen molar-refractivity contribution in [3.63, 3.8) is 0 Å². The molecule has 4 aromatic carbocycles. The van der Waals surface area contributed by atoms with Gasteiger partial charge in [0.2, 0.25) is 0 Å². The molecule has 2 fully saturated rings. The molecule has 0 spiro atoms. The second kappa shape index (κ2) is 14.3. The molecule has 2 saturated heterocycles. The molecule has 6 nitrogen and oxygen atoms in total. The van der Waals surface area contributed by atoms with Crippen LogP contribution in [0.5, 0.6) is 5.75 Å². The highest BCUT2D eigenvalue weighted by atomic mass is 35.5. The van der Waals surface area contributed by atoms with Gasteiger partial charge in [-0.25, -0.2) is 0 Å². The van der Waals surface area contributed by atoms with Crippen molar-refractivity contribution in [2.45, 2.75) is 57.8 Å². The molecule has 1 amide bonds. The van der Waals surface area contributed by atoms with E-state index in [9.17, 15) is 4.79 Å². The topological polar surface area (TPSA) is 49.7 Å². The van der Waals surface area contributed by atoms with E-state index < -0.39 is 0 Å². The van der Waals surface area contributed by atoms with E-state index in [1.165, 1.54) is 27.4 Å². The minimum absolute atomic E-state index is 0.0323. The Balaban J connectivity index is 0.938. The van der Waals surface area contributed by atoms with E-state index in [2.05, 4.69) is 75.1 Å². The van der Waals surface area contributed by atoms with E-state index in [1.54, 1.807) is 12.1 Å². The summed E-state index contributed by atoms with van der Waals surface area (Å²) in [6.07, 6.45) is 4.26. The van der Waals surface area contributed by atoms with E-state index in [0.717, 1.165) is 75.5 Å². The smallest absolute Gasteiger partial charge is 0.251 e. The number of benzene rings is 4. The van der Waals surface area contributed by atoms with Crippen LogP contribution in [0.1, 0.15) is 60.1 Å². The van der Waals surface area contributed by atoms with Crippen LogP contribution >= 0.6 is 23.2 Å². The number of carbonyl (C=O) groups excluding carboxylic acids is 1. The Morgan fingerprint density at radius 1 is 0.851 bits per heavy atom. The van der Waals surface area contributed by atoms with Gasteiger partial charge in [0.25, 0.3) is 5.91 Å². The lowest BCUT2D eigenvalue weighted by Gasteiger charge is -2.32. The number of carbonyl (C=O) groups is 1. The zero-order valence-corrected chi connectivity index (χ0v) is 28.4. The van der Waals surface area contributed by atoms with E-state index >= 15 is 0 Å². The third-order valence-electron chi connectivity index (χ3n) is 9.88. The number of hydrogen-bond donors (Lipinski definition) is 1. The lowest BCUT2D eigenvalue weighted by atomic mass is 10.0. The van der Waals surface area contributed by atoms with Crippen LogP contribution in [0.25, 0.3) is 21.8 Å². The van der Waals surface area contributed by atoms with Gasteiger partial charge < -0.3 is 14.6 Å². The second-order valence-electron chi connectivity index (χ2n) is 12.8. The average Bonchev–Trinajstić information content (AvgIpc) is 3.74. The first-order chi connectivity index (χ1) is 23.0. The number of nitrogens with one attached hydrogen (secondary N) is 1. The minimum Gasteiger partial charge on any atom is -0.489 e. The fraction of sp³-hybridized carbons (Fsp3) is 0.359. The fourth-order valence-electron chi connectivity index (χ4n) is 7.43. The van der Waals surface area contributed by atoms with Crippen molar-refractivity contribution in [1.82, 2.24) is 19.7 Å². The molecule has 7 rings (SSSR count). The highest BCUT2D eigenvalue weighted by Crippen LogP contribution is 2.33. The van der Waals surface area contributed by atoms with Gasteiger partial charge in [-0.15, -0.1) is 0 Å². The Hall–Kier alpha value is -3.55. The van der Waals surface area contributed by atoms with Gasteiger partial charge in [0.1, 0.15) is 11.9 Å². The number of ether oxygens (including phenoxy) is 1. The summed E-state index contributed by atoms with van der Waals surface area (Å²) in [6, 6.07) is 28.9. The second-order valence-corrected chi connectivity index (χ2v) is 13.7. The summed E-state index contributed by atoms with van der Waals surface area (Å²) in [5, 5.41) is 6.97. The van der Waals surface area contributed by atoms with Crippen LogP contribution in [0.3, 0.4) is 0 Å². The highest BCUT2D eigenvalue weighted by molar-refractivity contribution is 6.32. The van der Waals surface area contributed by atoms with Crippen LogP contribution in [0.15, 0.2) is 84.9 Å². The summed E-state index contributed by atoms with van der Waals surface area (Å²) >= 11 is 13.2. The predicted octanol–water partition coefficient (Wildman–Crippen LogP) is 8.73. The molecule has 0 aliphatic carbocycles. The van der Waals surface area contributed by atoms with Gasteiger partial charge in [-0.3, -0.25) is 14.6 Å². The predicted molar refractivity (Wildman–Crippen MR) is 193 cm³/mol. The van der Waals surface area contributed by atoms with Gasteiger partial charge in [-0.05, 0) is 99.3 Å². The molecule has 2 aliphatic rings. The Kier molecular flexibility index (Phi) is 9.73. The van der Waals surface area contributed by atoms with Crippen LogP contribution in [0, 0.1) is 0 Å². The van der Waals surface area contributed by atoms with Crippen molar-refractivity contribution in [2.24, 2.45) is 0 Å². The summed E-state index contributed by atoms with van der Waals surface area (Å²) in [5.74, 6) is 0.478. The number of piperidine rings is 1. The van der Waals surface area contributed by atoms with Gasteiger partial charge >= 0.3 is 0 Å². The van der Waals surface area contributed by atoms with Gasteiger partial charge in [0.15, 0.2) is 0 Å². The molecule has 0 radical (unpaired) electrons. The van der Waals surface area contributed by atoms with Crippen molar-refractivity contribution in [3.8, 4) is 5.75 Å². The first-order valence-corrected chi connectivity index (χ1v) is 17.7. The van der Waals surface area contributed by atoms with E-state index in [4.69, 9.17) is 27.9 Å². The normalized spacial score (nSPS) is 17.0. The molecule has 5 aromatic rings. The largest absolute Gasteiger partial charge is 0.489 e. The molecule has 1 unspecified atom stereocenters. The standard InChI is InChI=1S/C39H42Cl2N4O2/c1-2-45-35-12-6-4-9-30(35)32-23-27(13-15-36(32)45)26-43-21-17-29(18-22-43)47-38-16-14-28(24-34(38)41)39(46)42-25-37(44-19-7-8-20-44)31-10-3-5-11-33(31)40/h3-6,9-16,23-24,29,37H,2,7-8,17-22,25-26H2,1H3,(H,42,46). The first kappa shape index (κ1) is 32.0. The Bertz CT molecular complexity index is 1870. The molecule has 1 aromatic heterocycles. The number of amides is 1. The zero-order valence-electron chi connectivity index (χ0n) is 26.9. The lowest BCUT2D eigenvalue weighted by Crippen LogP contribution is -2.38. The molecule has 0 bridgehead atoms. The van der Waals surface area contributed by atoms with Crippen molar-refractivity contribution in [1.29, 1.82) is 0 Å². The Labute approximate surface area is 287 Å². The molecule has 1 N–H and O–H groups in total. The molecule has 3 heterocycles. The third-order valence-corrected chi connectivity index (χ3v) is 10.5. The Morgan fingerprint density at radius 2 is 1.60 bits per heavy atom. The molecular weight excluding hydrogens is 627 g/mol. The van der Waals surface area contributed by atoms with Gasteiger partial charge in [0, 0.05) is 65.1 Å². The van der Waals surface area contributed by atoms with E-state index in [0.29, 0.717) is 22.9 Å². The summed E-state index contributed by atoms with van der Waals surface area (Å²) in [7, 11) is 0. The SMILES string of the molecule is CCn1c2ccccc2c2cc(CN3CCC(Oc4ccc(C(=O)NCC(c5ccccc5Cl)N5CCCC5)cc4Cl)CC3)ccc21. The number of para-hydroxylation sites is 1. The number of halogens is 2. The molecule has 244 valence electrons. The summed E-state index contributed by atoms with van der Waals surface area (Å²) < 4.78 is 8.76. The van der Waals surface area contributed by atoms with Crippen LogP contribution in [-0.2, 0) is 13.1 Å². The van der Waals surface area contributed by atoms with Gasteiger partial charge in [-0.1, -0.05) is 65.7 Å². The van der Waals surface area contributed by atoms with Crippen LogP contribution in [0.4, 0.5) is 0 Å². The van der Waals surface area contributed by atoms with Gasteiger partial charge in [-0.2, -0.15) is 0 Å². The van der Waals surface area contributed by atoms with E-state index in [1.807, 2.05) is 24.3 Å². The van der Waals surface area contributed by atoms with Crippen molar-refractivity contribution in [2.75, 3.05) is 32.7 Å². The fourth-order valence-corrected chi connectivity index (χ4v) is 7.91. The van der Waals surface area contributed by atoms with Crippen LogP contribution in [0.2, 0.25) is 10.0 Å². The number of rotatable bonds is 10. The maximum atomic E-state index is 13.2. The monoisotopic (exact) mass is 668 g/mol. The van der Waals surface area contributed by atoms with Crippen molar-refractivity contribution in [3.05, 3.63) is 112 Å².